The fourth-order valence-electron chi connectivity index (χ4n) is 6.36. The van der Waals surface area contributed by atoms with Crippen molar-refractivity contribution >= 4 is 22.8 Å². The molecule has 2 saturated heterocycles. The zero-order valence-electron chi connectivity index (χ0n) is 16.5. The minimum absolute atomic E-state index is 0. The van der Waals surface area contributed by atoms with Gasteiger partial charge in [-0.25, -0.2) is 0 Å². The molecule has 2 heterocycles. The van der Waals surface area contributed by atoms with Gasteiger partial charge in [0.15, 0.2) is 0 Å². The Kier molecular flexibility index (Phi) is 4.91. The summed E-state index contributed by atoms with van der Waals surface area (Å²) in [4.78, 5) is 15.1. The summed E-state index contributed by atoms with van der Waals surface area (Å²) in [6, 6.07) is 17.3. The van der Waals surface area contributed by atoms with E-state index in [-0.39, 0.29) is 28.3 Å². The van der Waals surface area contributed by atoms with Gasteiger partial charge >= 0.3 is 0 Å². The van der Waals surface area contributed by atoms with Gasteiger partial charge in [0.25, 0.3) is 0 Å². The molecule has 2 aliphatic carbocycles. The number of halogens is 1. The Morgan fingerprint density at radius 3 is 2.64 bits per heavy atom. The second kappa shape index (κ2) is 7.00. The van der Waals surface area contributed by atoms with Gasteiger partial charge in [-0.15, -0.1) is 17.0 Å². The SMILES string of the molecule is Br.CC(=O)C1CC2C3Cc4ccc(O)cc4C2(C)CC1N3Cc1ccccc1. The average Bonchev–Trinajstić information content (AvgIpc) is 2.65. The molecule has 28 heavy (non-hydrogen) atoms. The van der Waals surface area contributed by atoms with Gasteiger partial charge in [-0.05, 0) is 66.3 Å². The zero-order chi connectivity index (χ0) is 18.8. The third-order valence-electron chi connectivity index (χ3n) is 7.61. The summed E-state index contributed by atoms with van der Waals surface area (Å²) in [6.45, 7) is 5.05. The number of nitrogens with zero attached hydrogens (tertiary/aromatic N) is 1. The van der Waals surface area contributed by atoms with E-state index < -0.39 is 0 Å². The molecule has 2 aromatic carbocycles. The molecule has 1 N–H and O–H groups in total. The Morgan fingerprint density at radius 2 is 1.93 bits per heavy atom. The van der Waals surface area contributed by atoms with Crippen LogP contribution in [0.1, 0.15) is 43.4 Å². The van der Waals surface area contributed by atoms with Crippen LogP contribution in [-0.4, -0.2) is 27.9 Å². The molecule has 4 heteroatoms. The van der Waals surface area contributed by atoms with Crippen LogP contribution in [0.5, 0.6) is 5.75 Å². The van der Waals surface area contributed by atoms with Crippen molar-refractivity contribution in [1.29, 1.82) is 0 Å². The first-order chi connectivity index (χ1) is 13.0. The first-order valence-corrected chi connectivity index (χ1v) is 10.1. The number of piperidine rings is 2. The average molecular weight is 442 g/mol. The van der Waals surface area contributed by atoms with E-state index in [9.17, 15) is 9.90 Å². The van der Waals surface area contributed by atoms with E-state index in [2.05, 4.69) is 48.2 Å². The van der Waals surface area contributed by atoms with Crippen LogP contribution in [0.25, 0.3) is 0 Å². The van der Waals surface area contributed by atoms with Crippen molar-refractivity contribution in [2.45, 2.75) is 57.2 Å². The molecular weight excluding hydrogens is 414 g/mol. The maximum absolute atomic E-state index is 12.4. The highest BCUT2D eigenvalue weighted by molar-refractivity contribution is 8.93. The van der Waals surface area contributed by atoms with Crippen molar-refractivity contribution in [1.82, 2.24) is 4.90 Å². The van der Waals surface area contributed by atoms with E-state index in [1.54, 1.807) is 6.92 Å². The molecule has 148 valence electrons. The largest absolute Gasteiger partial charge is 0.508 e. The van der Waals surface area contributed by atoms with Crippen LogP contribution < -0.4 is 0 Å². The van der Waals surface area contributed by atoms with Crippen molar-refractivity contribution in [2.24, 2.45) is 11.8 Å². The van der Waals surface area contributed by atoms with Crippen LogP contribution in [0, 0.1) is 11.8 Å². The van der Waals surface area contributed by atoms with Gasteiger partial charge in [0.2, 0.25) is 0 Å². The number of benzene rings is 2. The topological polar surface area (TPSA) is 40.5 Å². The fourth-order valence-corrected chi connectivity index (χ4v) is 6.36. The lowest BCUT2D eigenvalue weighted by molar-refractivity contribution is -0.142. The molecule has 2 aromatic rings. The van der Waals surface area contributed by atoms with Gasteiger partial charge in [-0.3, -0.25) is 9.69 Å². The van der Waals surface area contributed by atoms with Crippen molar-refractivity contribution in [2.75, 3.05) is 0 Å². The van der Waals surface area contributed by atoms with Crippen LogP contribution in [-0.2, 0) is 23.2 Å². The number of carbonyl (C=O) groups excluding carboxylic acids is 1. The van der Waals surface area contributed by atoms with Crippen LogP contribution in [0.15, 0.2) is 48.5 Å². The van der Waals surface area contributed by atoms with Crippen LogP contribution in [0.3, 0.4) is 0 Å². The van der Waals surface area contributed by atoms with E-state index in [0.29, 0.717) is 29.5 Å². The molecule has 0 radical (unpaired) electrons. The molecule has 0 amide bonds. The Hall–Kier alpha value is -1.65. The first-order valence-electron chi connectivity index (χ1n) is 10.1. The maximum atomic E-state index is 12.4. The molecule has 6 rings (SSSR count). The number of carbonyl (C=O) groups is 1. The van der Waals surface area contributed by atoms with Gasteiger partial charge in [-0.2, -0.15) is 0 Å². The zero-order valence-corrected chi connectivity index (χ0v) is 18.2. The van der Waals surface area contributed by atoms with Crippen molar-refractivity contribution in [3.05, 3.63) is 65.2 Å². The Labute approximate surface area is 177 Å². The normalized spacial score (nSPS) is 33.1. The predicted octanol–water partition coefficient (Wildman–Crippen LogP) is 4.65. The standard InChI is InChI=1S/C24H27NO2.BrH/c1-15(26)19-12-21-22-10-17-8-9-18(27)11-20(17)24(21,2)13-23(19)25(22)14-16-6-4-3-5-7-16;/h3-9,11,19,21-23,27H,10,12-14H2,1-2H3;1H. The molecule has 0 aromatic heterocycles. The van der Waals surface area contributed by atoms with Crippen LogP contribution in [0.4, 0.5) is 0 Å². The molecule has 1 saturated carbocycles. The summed E-state index contributed by atoms with van der Waals surface area (Å²) in [5.74, 6) is 1.30. The number of hydrogen-bond acceptors (Lipinski definition) is 3. The fraction of sp³-hybridized carbons (Fsp3) is 0.458. The van der Waals surface area contributed by atoms with E-state index in [1.165, 1.54) is 16.7 Å². The number of Topliss-reactive ketones (excluding diaryl/α,β-unsaturated/α-hetero) is 1. The lowest BCUT2D eigenvalue weighted by Crippen LogP contribution is -2.69. The van der Waals surface area contributed by atoms with Crippen molar-refractivity contribution in [3.63, 3.8) is 0 Å². The predicted molar refractivity (Wildman–Crippen MR) is 116 cm³/mol. The van der Waals surface area contributed by atoms with Gasteiger partial charge in [-0.1, -0.05) is 43.3 Å². The van der Waals surface area contributed by atoms with E-state index in [0.717, 1.165) is 25.8 Å². The number of ketones is 1. The molecule has 3 fully saturated rings. The third kappa shape index (κ3) is 2.84. The molecule has 2 aliphatic heterocycles. The molecule has 0 spiro atoms. The van der Waals surface area contributed by atoms with E-state index in [4.69, 9.17) is 0 Å². The minimum atomic E-state index is 0. The van der Waals surface area contributed by atoms with Crippen molar-refractivity contribution in [3.8, 4) is 5.75 Å². The van der Waals surface area contributed by atoms with E-state index in [1.807, 2.05) is 12.1 Å². The lowest BCUT2D eigenvalue weighted by Gasteiger charge is -2.64. The molecule has 3 nitrogen and oxygen atoms in total. The summed E-state index contributed by atoms with van der Waals surface area (Å²) in [7, 11) is 0. The van der Waals surface area contributed by atoms with Crippen molar-refractivity contribution < 1.29 is 9.90 Å². The van der Waals surface area contributed by atoms with E-state index >= 15 is 0 Å². The maximum Gasteiger partial charge on any atom is 0.134 e. The third-order valence-corrected chi connectivity index (χ3v) is 7.61. The molecular formula is C24H28BrNO2. The van der Waals surface area contributed by atoms with Gasteiger partial charge in [0.1, 0.15) is 11.5 Å². The monoisotopic (exact) mass is 441 g/mol. The second-order valence-electron chi connectivity index (χ2n) is 9.02. The molecule has 4 bridgehead atoms. The van der Waals surface area contributed by atoms with Crippen LogP contribution >= 0.6 is 17.0 Å². The Morgan fingerprint density at radius 1 is 1.18 bits per heavy atom. The highest BCUT2D eigenvalue weighted by Gasteiger charge is 2.60. The number of fused-ring (bicyclic) bond motifs is 2. The smallest absolute Gasteiger partial charge is 0.134 e. The second-order valence-corrected chi connectivity index (χ2v) is 9.02. The summed E-state index contributed by atoms with van der Waals surface area (Å²) in [5.41, 5.74) is 4.07. The number of phenolic OH excluding ortho intramolecular Hbond substituents is 1. The summed E-state index contributed by atoms with van der Waals surface area (Å²) in [6.07, 6.45) is 3.01. The Balaban J connectivity index is 0.00000192. The number of hydrogen-bond donors (Lipinski definition) is 1. The first kappa shape index (κ1) is 19.7. The quantitative estimate of drug-likeness (QED) is 0.752. The lowest BCUT2D eigenvalue weighted by atomic mass is 9.49. The van der Waals surface area contributed by atoms with Gasteiger partial charge < -0.3 is 5.11 Å². The van der Waals surface area contributed by atoms with Gasteiger partial charge in [0, 0.05) is 24.5 Å². The summed E-state index contributed by atoms with van der Waals surface area (Å²) < 4.78 is 0. The minimum Gasteiger partial charge on any atom is -0.508 e. The highest BCUT2D eigenvalue weighted by Crippen LogP contribution is 2.58. The molecule has 5 atom stereocenters. The summed E-state index contributed by atoms with van der Waals surface area (Å²) in [5, 5.41) is 10.1. The molecule has 5 unspecified atom stereocenters. The Bertz CT molecular complexity index is 899. The summed E-state index contributed by atoms with van der Waals surface area (Å²) >= 11 is 0. The molecule has 4 aliphatic rings. The highest BCUT2D eigenvalue weighted by atomic mass is 79.9. The van der Waals surface area contributed by atoms with Gasteiger partial charge in [0.05, 0.1) is 0 Å². The number of phenols is 1. The number of rotatable bonds is 3. The van der Waals surface area contributed by atoms with Crippen LogP contribution in [0.2, 0.25) is 0 Å². The number of aromatic hydroxyl groups is 1.